The average molecular weight is 396 g/mol. The summed E-state index contributed by atoms with van der Waals surface area (Å²) in [6.45, 7) is 1.73. The zero-order chi connectivity index (χ0) is 20.1. The van der Waals surface area contributed by atoms with Gasteiger partial charge in [-0.05, 0) is 55.8 Å². The van der Waals surface area contributed by atoms with Gasteiger partial charge in [0.15, 0.2) is 0 Å². The molecule has 1 aliphatic carbocycles. The Hall–Kier alpha value is -2.58. The normalized spacial score (nSPS) is 31.2. The Morgan fingerprint density at radius 2 is 1.86 bits per heavy atom. The first kappa shape index (κ1) is 18.4. The second-order valence-electron chi connectivity index (χ2n) is 8.51. The third-order valence-electron chi connectivity index (χ3n) is 6.70. The van der Waals surface area contributed by atoms with Crippen molar-refractivity contribution >= 4 is 23.6 Å². The lowest BCUT2D eigenvalue weighted by Gasteiger charge is -2.43. The molecule has 8 heteroatoms. The van der Waals surface area contributed by atoms with Gasteiger partial charge >= 0.3 is 0 Å². The zero-order valence-corrected chi connectivity index (χ0v) is 16.1. The van der Waals surface area contributed by atoms with Gasteiger partial charge in [0.05, 0.1) is 11.1 Å². The number of nitrogens with zero attached hydrogens (tertiary/aromatic N) is 1. The molecule has 3 N–H and O–H groups in total. The van der Waals surface area contributed by atoms with Gasteiger partial charge in [-0.1, -0.05) is 6.07 Å². The molecule has 0 radical (unpaired) electrons. The number of hydrogen-bond acceptors (Lipinski definition) is 6. The summed E-state index contributed by atoms with van der Waals surface area (Å²) >= 11 is 0. The van der Waals surface area contributed by atoms with Crippen LogP contribution in [-0.4, -0.2) is 53.2 Å². The van der Waals surface area contributed by atoms with Crippen molar-refractivity contribution in [2.45, 2.75) is 56.8 Å². The molecule has 1 aromatic carbocycles. The quantitative estimate of drug-likeness (QED) is 0.633. The Balaban J connectivity index is 1.30. The summed E-state index contributed by atoms with van der Waals surface area (Å²) in [7, 11) is 0. The minimum absolute atomic E-state index is 0.122. The number of carbonyl (C=O) groups excluding carboxylic acids is 4. The highest BCUT2D eigenvalue weighted by atomic mass is 16.2. The molecule has 4 aliphatic heterocycles. The van der Waals surface area contributed by atoms with Crippen molar-refractivity contribution in [2.24, 2.45) is 5.92 Å². The van der Waals surface area contributed by atoms with Crippen LogP contribution in [0.4, 0.5) is 0 Å². The molecule has 4 unspecified atom stereocenters. The molecular weight excluding hydrogens is 372 g/mol. The van der Waals surface area contributed by atoms with Crippen molar-refractivity contribution in [2.75, 3.05) is 6.54 Å². The van der Waals surface area contributed by atoms with E-state index in [0.717, 1.165) is 22.9 Å². The second-order valence-corrected chi connectivity index (χ2v) is 8.51. The van der Waals surface area contributed by atoms with E-state index in [4.69, 9.17) is 0 Å². The Kier molecular flexibility index (Phi) is 4.48. The highest BCUT2D eigenvalue weighted by molar-refractivity contribution is 6.23. The Labute approximate surface area is 168 Å². The van der Waals surface area contributed by atoms with Crippen LogP contribution in [0, 0.1) is 5.92 Å². The summed E-state index contributed by atoms with van der Waals surface area (Å²) in [4.78, 5) is 50.2. The molecular formula is C21H24N4O4. The fraction of sp³-hybridized carbons (Fsp3) is 0.524. The molecule has 4 heterocycles. The van der Waals surface area contributed by atoms with E-state index in [1.165, 1.54) is 19.3 Å². The Morgan fingerprint density at radius 1 is 1.03 bits per heavy atom. The van der Waals surface area contributed by atoms with Crippen molar-refractivity contribution < 1.29 is 19.2 Å². The van der Waals surface area contributed by atoms with Crippen molar-refractivity contribution in [1.82, 2.24) is 20.9 Å². The van der Waals surface area contributed by atoms with E-state index in [1.807, 2.05) is 6.07 Å². The van der Waals surface area contributed by atoms with Crippen molar-refractivity contribution in [3.05, 3.63) is 34.9 Å². The number of fused-ring (bicyclic) bond motifs is 4. The number of amides is 4. The molecule has 8 nitrogen and oxygen atoms in total. The maximum absolute atomic E-state index is 12.9. The smallest absolute Gasteiger partial charge is 0.262 e. The van der Waals surface area contributed by atoms with Crippen molar-refractivity contribution in [1.29, 1.82) is 0 Å². The molecule has 6 rings (SSSR count). The minimum Gasteiger partial charge on any atom is -0.312 e. The van der Waals surface area contributed by atoms with E-state index in [0.29, 0.717) is 29.8 Å². The molecule has 4 atom stereocenters. The number of carbonyl (C=O) groups is 4. The third-order valence-corrected chi connectivity index (χ3v) is 6.70. The number of imide groups is 2. The first-order valence-electron chi connectivity index (χ1n) is 10.3. The summed E-state index contributed by atoms with van der Waals surface area (Å²) in [5.74, 6) is -1.15. The summed E-state index contributed by atoms with van der Waals surface area (Å²) in [6.07, 6.45) is 3.95. The molecule has 152 valence electrons. The molecule has 0 aromatic heterocycles. The molecule has 4 fully saturated rings. The lowest BCUT2D eigenvalue weighted by atomic mass is 9.78. The molecule has 5 aliphatic rings. The van der Waals surface area contributed by atoms with E-state index in [9.17, 15) is 19.2 Å². The van der Waals surface area contributed by atoms with Gasteiger partial charge in [-0.2, -0.15) is 0 Å². The van der Waals surface area contributed by atoms with Gasteiger partial charge < -0.3 is 10.6 Å². The van der Waals surface area contributed by atoms with E-state index < -0.39 is 23.8 Å². The van der Waals surface area contributed by atoms with Crippen LogP contribution in [0.1, 0.15) is 58.4 Å². The van der Waals surface area contributed by atoms with E-state index in [1.54, 1.807) is 12.1 Å². The first-order valence-corrected chi connectivity index (χ1v) is 10.3. The standard InChI is InChI=1S/C21H24N4O4/c26-18-6-5-17(19(27)24-18)25-20(28)13-3-1-11(7-14(13)21(25)29)9-23-16-8-12-2-4-15(16)22-10-12/h1,3,7,12,15-17,22-23H,2,4-6,8-10H2,(H,24,26,27). The van der Waals surface area contributed by atoms with Crippen LogP contribution in [0.5, 0.6) is 0 Å². The average Bonchev–Trinajstić information content (AvgIpc) is 2.98. The minimum atomic E-state index is -0.925. The molecule has 0 spiro atoms. The summed E-state index contributed by atoms with van der Waals surface area (Å²) in [5.41, 5.74) is 1.60. The highest BCUT2D eigenvalue weighted by Crippen LogP contribution is 2.30. The van der Waals surface area contributed by atoms with Crippen LogP contribution in [-0.2, 0) is 16.1 Å². The second kappa shape index (κ2) is 7.03. The predicted octanol–water partition coefficient (Wildman–Crippen LogP) is 0.318. The van der Waals surface area contributed by atoms with Gasteiger partial charge in [-0.15, -0.1) is 0 Å². The monoisotopic (exact) mass is 396 g/mol. The van der Waals surface area contributed by atoms with Gasteiger partial charge in [-0.3, -0.25) is 29.4 Å². The van der Waals surface area contributed by atoms with Crippen LogP contribution < -0.4 is 16.0 Å². The first-order chi connectivity index (χ1) is 14.0. The largest absolute Gasteiger partial charge is 0.312 e. The van der Waals surface area contributed by atoms with Gasteiger partial charge in [0, 0.05) is 25.0 Å². The topological polar surface area (TPSA) is 108 Å². The molecule has 1 saturated carbocycles. The zero-order valence-electron chi connectivity index (χ0n) is 16.1. The molecule has 1 aromatic rings. The Bertz CT molecular complexity index is 906. The number of nitrogens with one attached hydrogen (secondary N) is 3. The van der Waals surface area contributed by atoms with Crippen molar-refractivity contribution in [3.63, 3.8) is 0 Å². The summed E-state index contributed by atoms with van der Waals surface area (Å²) in [6, 6.07) is 5.28. The number of hydrogen-bond donors (Lipinski definition) is 3. The molecule has 4 amide bonds. The fourth-order valence-electron chi connectivity index (χ4n) is 5.11. The van der Waals surface area contributed by atoms with Crippen LogP contribution in [0.15, 0.2) is 18.2 Å². The van der Waals surface area contributed by atoms with E-state index in [-0.39, 0.29) is 18.7 Å². The van der Waals surface area contributed by atoms with Crippen LogP contribution in [0.2, 0.25) is 0 Å². The van der Waals surface area contributed by atoms with Crippen LogP contribution >= 0.6 is 0 Å². The Morgan fingerprint density at radius 3 is 2.55 bits per heavy atom. The van der Waals surface area contributed by atoms with Crippen molar-refractivity contribution in [3.8, 4) is 0 Å². The van der Waals surface area contributed by atoms with Gasteiger partial charge in [0.1, 0.15) is 6.04 Å². The number of benzene rings is 1. The van der Waals surface area contributed by atoms with E-state index in [2.05, 4.69) is 16.0 Å². The number of rotatable bonds is 4. The van der Waals surface area contributed by atoms with Gasteiger partial charge in [0.2, 0.25) is 11.8 Å². The molecule has 2 bridgehead atoms. The maximum Gasteiger partial charge on any atom is 0.262 e. The molecule has 3 saturated heterocycles. The summed E-state index contributed by atoms with van der Waals surface area (Å²) in [5, 5.41) is 9.39. The fourth-order valence-corrected chi connectivity index (χ4v) is 5.11. The van der Waals surface area contributed by atoms with Gasteiger partial charge in [-0.25, -0.2) is 0 Å². The van der Waals surface area contributed by atoms with Gasteiger partial charge in [0.25, 0.3) is 11.8 Å². The van der Waals surface area contributed by atoms with Crippen LogP contribution in [0.25, 0.3) is 0 Å². The molecule has 29 heavy (non-hydrogen) atoms. The third kappa shape index (κ3) is 3.16. The summed E-state index contributed by atoms with van der Waals surface area (Å²) < 4.78 is 0. The lowest BCUT2D eigenvalue weighted by molar-refractivity contribution is -0.136. The van der Waals surface area contributed by atoms with Crippen LogP contribution in [0.3, 0.4) is 0 Å². The SMILES string of the molecule is O=C1CCC(N2C(=O)c3ccc(CNC4CC5CCC4NC5)cc3C2=O)C(=O)N1. The predicted molar refractivity (Wildman–Crippen MR) is 103 cm³/mol. The lowest BCUT2D eigenvalue weighted by Crippen LogP contribution is -2.58. The maximum atomic E-state index is 12.9. The highest BCUT2D eigenvalue weighted by Gasteiger charge is 2.44. The van der Waals surface area contributed by atoms with E-state index >= 15 is 0 Å². The number of piperidine rings is 3.